The fourth-order valence-corrected chi connectivity index (χ4v) is 4.77. The quantitative estimate of drug-likeness (QED) is 0.534. The van der Waals surface area contributed by atoms with Crippen molar-refractivity contribution in [3.63, 3.8) is 0 Å². The highest BCUT2D eigenvalue weighted by atomic mass is 32.2. The summed E-state index contributed by atoms with van der Waals surface area (Å²) in [5.74, 6) is 0.259. The Kier molecular flexibility index (Phi) is 6.71. The molecule has 1 aromatic carbocycles. The molecule has 2 rings (SSSR count). The first kappa shape index (κ1) is 20.0. The SMILES string of the molecule is CC[N+](CC)(CC)OS(=O)(=O)CCCN1CCCc2ccc(O)cc21. The van der Waals surface area contributed by atoms with Crippen LogP contribution in [0.3, 0.4) is 0 Å². The van der Waals surface area contributed by atoms with Crippen LogP contribution in [0.15, 0.2) is 18.2 Å². The zero-order valence-electron chi connectivity index (χ0n) is 15.6. The second kappa shape index (κ2) is 8.38. The lowest BCUT2D eigenvalue weighted by Crippen LogP contribution is -2.49. The number of benzene rings is 1. The van der Waals surface area contributed by atoms with Gasteiger partial charge in [0.05, 0.1) is 5.75 Å². The molecule has 0 spiro atoms. The fraction of sp³-hybridized carbons (Fsp3) is 0.667. The van der Waals surface area contributed by atoms with E-state index in [-0.39, 0.29) is 16.1 Å². The van der Waals surface area contributed by atoms with Crippen molar-refractivity contribution in [2.75, 3.05) is 43.4 Å². The maximum atomic E-state index is 12.4. The summed E-state index contributed by atoms with van der Waals surface area (Å²) >= 11 is 0. The number of anilines is 1. The Hall–Kier alpha value is -1.31. The van der Waals surface area contributed by atoms with Crippen LogP contribution in [0, 0.1) is 0 Å². The summed E-state index contributed by atoms with van der Waals surface area (Å²) in [6, 6.07) is 5.43. The van der Waals surface area contributed by atoms with Crippen LogP contribution >= 0.6 is 0 Å². The molecule has 0 amide bonds. The van der Waals surface area contributed by atoms with Crippen LogP contribution in [0.4, 0.5) is 5.69 Å². The summed E-state index contributed by atoms with van der Waals surface area (Å²) in [7, 11) is -3.57. The van der Waals surface area contributed by atoms with Crippen molar-refractivity contribution >= 4 is 15.8 Å². The van der Waals surface area contributed by atoms with Crippen molar-refractivity contribution in [3.05, 3.63) is 23.8 Å². The number of nitrogens with zero attached hydrogens (tertiary/aromatic N) is 2. The Morgan fingerprint density at radius 3 is 2.52 bits per heavy atom. The van der Waals surface area contributed by atoms with Crippen molar-refractivity contribution in [1.82, 2.24) is 0 Å². The van der Waals surface area contributed by atoms with E-state index in [9.17, 15) is 13.5 Å². The van der Waals surface area contributed by atoms with Crippen molar-refractivity contribution in [1.29, 1.82) is 0 Å². The lowest BCUT2D eigenvalue weighted by Gasteiger charge is -2.32. The summed E-state index contributed by atoms with van der Waals surface area (Å²) in [5.41, 5.74) is 2.23. The average Bonchev–Trinajstić information content (AvgIpc) is 2.60. The molecule has 25 heavy (non-hydrogen) atoms. The van der Waals surface area contributed by atoms with Crippen LogP contribution in [-0.2, 0) is 20.8 Å². The molecule has 1 N–H and O–H groups in total. The molecule has 0 aromatic heterocycles. The molecule has 1 heterocycles. The average molecular weight is 372 g/mol. The number of hydrogen-bond donors (Lipinski definition) is 1. The Morgan fingerprint density at radius 2 is 1.88 bits per heavy atom. The molecule has 0 bridgehead atoms. The van der Waals surface area contributed by atoms with Gasteiger partial charge in [-0.3, -0.25) is 0 Å². The number of fused-ring (bicyclic) bond motifs is 1. The lowest BCUT2D eigenvalue weighted by molar-refractivity contribution is -1.08. The lowest BCUT2D eigenvalue weighted by atomic mass is 10.0. The van der Waals surface area contributed by atoms with E-state index >= 15 is 0 Å². The molecule has 1 aliphatic heterocycles. The predicted octanol–water partition coefficient (Wildman–Crippen LogP) is 2.67. The first-order valence-electron chi connectivity index (χ1n) is 9.21. The number of hydrogen-bond acceptors (Lipinski definition) is 5. The minimum absolute atomic E-state index is 0.0116. The largest absolute Gasteiger partial charge is 0.508 e. The molecule has 0 aliphatic carbocycles. The van der Waals surface area contributed by atoms with E-state index in [0.29, 0.717) is 32.6 Å². The van der Waals surface area contributed by atoms with Crippen molar-refractivity contribution in [3.8, 4) is 5.75 Å². The van der Waals surface area contributed by atoms with Crippen molar-refractivity contribution in [2.45, 2.75) is 40.0 Å². The van der Waals surface area contributed by atoms with E-state index in [2.05, 4.69) is 4.90 Å². The minimum Gasteiger partial charge on any atom is -0.508 e. The molecule has 7 heteroatoms. The summed E-state index contributed by atoms with van der Waals surface area (Å²) in [6.45, 7) is 9.25. The second-order valence-corrected chi connectivity index (χ2v) is 8.27. The van der Waals surface area contributed by atoms with Crippen molar-refractivity contribution in [2.24, 2.45) is 0 Å². The highest BCUT2D eigenvalue weighted by molar-refractivity contribution is 7.86. The van der Waals surface area contributed by atoms with Gasteiger partial charge in [0.15, 0.2) is 0 Å². The molecule has 6 nitrogen and oxygen atoms in total. The maximum absolute atomic E-state index is 12.4. The highest BCUT2D eigenvalue weighted by Crippen LogP contribution is 2.30. The molecule has 1 aliphatic rings. The fourth-order valence-electron chi connectivity index (χ4n) is 3.41. The van der Waals surface area contributed by atoms with Crippen LogP contribution < -0.4 is 4.90 Å². The molecule has 1 aromatic rings. The third-order valence-electron chi connectivity index (χ3n) is 5.11. The van der Waals surface area contributed by atoms with E-state index < -0.39 is 10.1 Å². The normalized spacial score (nSPS) is 15.2. The van der Waals surface area contributed by atoms with Crippen LogP contribution in [0.2, 0.25) is 0 Å². The number of aromatic hydroxyl groups is 1. The van der Waals surface area contributed by atoms with Gasteiger partial charge in [0, 0.05) is 24.8 Å². The van der Waals surface area contributed by atoms with E-state index in [4.69, 9.17) is 4.28 Å². The first-order chi connectivity index (χ1) is 11.8. The number of aryl methyl sites for hydroxylation is 1. The van der Waals surface area contributed by atoms with Crippen LogP contribution in [0.25, 0.3) is 0 Å². The Labute approximate surface area is 151 Å². The van der Waals surface area contributed by atoms with E-state index in [1.807, 2.05) is 26.8 Å². The zero-order valence-corrected chi connectivity index (χ0v) is 16.4. The van der Waals surface area contributed by atoms with Gasteiger partial charge in [-0.15, -0.1) is 0 Å². The van der Waals surface area contributed by atoms with Gasteiger partial charge >= 0.3 is 10.1 Å². The molecular weight excluding hydrogens is 340 g/mol. The number of phenols is 1. The molecular formula is C18H31N2O4S+. The highest BCUT2D eigenvalue weighted by Gasteiger charge is 2.31. The van der Waals surface area contributed by atoms with Gasteiger partial charge in [-0.1, -0.05) is 10.4 Å². The predicted molar refractivity (Wildman–Crippen MR) is 100 cm³/mol. The Balaban J connectivity index is 1.96. The van der Waals surface area contributed by atoms with Crippen LogP contribution in [0.5, 0.6) is 5.75 Å². The third-order valence-corrected chi connectivity index (χ3v) is 6.44. The van der Waals surface area contributed by atoms with Crippen molar-refractivity contribution < 1.29 is 22.5 Å². The van der Waals surface area contributed by atoms with Gasteiger partial charge in [-0.05, 0) is 51.7 Å². The monoisotopic (exact) mass is 371 g/mol. The van der Waals surface area contributed by atoms with Gasteiger partial charge in [-0.25, -0.2) is 0 Å². The van der Waals surface area contributed by atoms with Gasteiger partial charge in [0.1, 0.15) is 25.4 Å². The van der Waals surface area contributed by atoms with Crippen LogP contribution in [-0.4, -0.2) is 56.6 Å². The number of hydroxylamine groups is 3. The second-order valence-electron chi connectivity index (χ2n) is 6.60. The summed E-state index contributed by atoms with van der Waals surface area (Å²) < 4.78 is 30.4. The summed E-state index contributed by atoms with van der Waals surface area (Å²) in [5, 5.41) is 9.73. The smallest absolute Gasteiger partial charge is 0.314 e. The molecule has 0 saturated carbocycles. The number of rotatable bonds is 9. The standard InChI is InChI=1S/C18H30N2O4S/c1-4-20(5-2,6-3)24-25(22,23)14-8-13-19-12-7-9-16-10-11-17(21)15-18(16)19/h10-11,15H,4-9,12-14H2,1-3H3/p+1. The maximum Gasteiger partial charge on any atom is 0.314 e. The Bertz CT molecular complexity index is 663. The van der Waals surface area contributed by atoms with E-state index in [1.54, 1.807) is 12.1 Å². The molecule has 0 fully saturated rings. The number of phenolic OH excluding ortho intramolecular Hbond substituents is 1. The minimum atomic E-state index is -3.57. The number of quaternary nitrogens is 1. The van der Waals surface area contributed by atoms with Crippen LogP contribution in [0.1, 0.15) is 39.2 Å². The van der Waals surface area contributed by atoms with Gasteiger partial charge in [-0.2, -0.15) is 13.1 Å². The Morgan fingerprint density at radius 1 is 1.20 bits per heavy atom. The third kappa shape index (κ3) is 5.09. The van der Waals surface area contributed by atoms with Gasteiger partial charge in [0.25, 0.3) is 0 Å². The molecule has 0 atom stereocenters. The first-order valence-corrected chi connectivity index (χ1v) is 10.8. The molecule has 0 radical (unpaired) electrons. The van der Waals surface area contributed by atoms with E-state index in [0.717, 1.165) is 25.1 Å². The molecule has 0 unspecified atom stereocenters. The zero-order chi connectivity index (χ0) is 18.5. The molecule has 0 saturated heterocycles. The van der Waals surface area contributed by atoms with Gasteiger partial charge < -0.3 is 10.0 Å². The van der Waals surface area contributed by atoms with E-state index in [1.165, 1.54) is 5.56 Å². The van der Waals surface area contributed by atoms with Gasteiger partial charge in [0.2, 0.25) is 0 Å². The molecule has 142 valence electrons. The summed E-state index contributed by atoms with van der Waals surface area (Å²) in [6.07, 6.45) is 2.55. The summed E-state index contributed by atoms with van der Waals surface area (Å²) in [4.78, 5) is 2.16. The topological polar surface area (TPSA) is 66.8 Å².